The molecule has 0 unspecified atom stereocenters. The van der Waals surface area contributed by atoms with E-state index in [1.165, 1.54) is 0 Å². The molecule has 0 atom stereocenters. The molecule has 1 amide bonds. The van der Waals surface area contributed by atoms with Gasteiger partial charge in [0.15, 0.2) is 6.61 Å². The lowest BCUT2D eigenvalue weighted by Crippen LogP contribution is -2.20. The van der Waals surface area contributed by atoms with Crippen molar-refractivity contribution < 1.29 is 13.9 Å². The van der Waals surface area contributed by atoms with Crippen molar-refractivity contribution in [3.63, 3.8) is 0 Å². The van der Waals surface area contributed by atoms with Crippen molar-refractivity contribution in [3.05, 3.63) is 69.6 Å². The predicted octanol–water partition coefficient (Wildman–Crippen LogP) is 3.86. The molecule has 5 nitrogen and oxygen atoms in total. The summed E-state index contributed by atoms with van der Waals surface area (Å²) >= 11 is 0. The maximum Gasteiger partial charge on any atom is 0.339 e. The van der Waals surface area contributed by atoms with Gasteiger partial charge in [0.05, 0.1) is 0 Å². The zero-order valence-electron chi connectivity index (χ0n) is 15.2. The van der Waals surface area contributed by atoms with E-state index in [2.05, 4.69) is 12.2 Å². The normalized spacial score (nSPS) is 12.8. The van der Waals surface area contributed by atoms with Gasteiger partial charge in [-0.3, -0.25) is 4.79 Å². The van der Waals surface area contributed by atoms with Crippen LogP contribution in [0.5, 0.6) is 5.75 Å². The van der Waals surface area contributed by atoms with E-state index in [0.29, 0.717) is 11.3 Å². The van der Waals surface area contributed by atoms with E-state index in [-0.39, 0.29) is 18.1 Å². The van der Waals surface area contributed by atoms with Crippen molar-refractivity contribution in [3.8, 4) is 5.75 Å². The van der Waals surface area contributed by atoms with Crippen molar-refractivity contribution in [2.45, 2.75) is 32.6 Å². The molecular formula is C22H21NO4. The minimum absolute atomic E-state index is 0.114. The summed E-state index contributed by atoms with van der Waals surface area (Å²) in [5.41, 5.74) is 4.04. The van der Waals surface area contributed by atoms with Crippen LogP contribution in [0.4, 0.5) is 5.69 Å². The van der Waals surface area contributed by atoms with Gasteiger partial charge in [-0.25, -0.2) is 4.79 Å². The van der Waals surface area contributed by atoms with Crippen molar-refractivity contribution in [2.75, 3.05) is 11.9 Å². The highest BCUT2D eigenvalue weighted by atomic mass is 16.5. The molecule has 0 saturated carbocycles. The highest BCUT2D eigenvalue weighted by Crippen LogP contribution is 2.29. The maximum atomic E-state index is 12.1. The molecule has 1 aliphatic rings. The van der Waals surface area contributed by atoms with E-state index in [9.17, 15) is 9.59 Å². The van der Waals surface area contributed by atoms with Gasteiger partial charge in [-0.2, -0.15) is 0 Å². The van der Waals surface area contributed by atoms with E-state index in [4.69, 9.17) is 9.15 Å². The Labute approximate surface area is 157 Å². The monoisotopic (exact) mass is 363 g/mol. The predicted molar refractivity (Wildman–Crippen MR) is 104 cm³/mol. The maximum absolute atomic E-state index is 12.1. The van der Waals surface area contributed by atoms with Gasteiger partial charge in [0.2, 0.25) is 0 Å². The Bertz CT molecular complexity index is 1070. The first-order valence-corrected chi connectivity index (χ1v) is 9.24. The summed E-state index contributed by atoms with van der Waals surface area (Å²) in [5.74, 6) is 0.264. The van der Waals surface area contributed by atoms with Crippen LogP contribution in [-0.4, -0.2) is 12.5 Å². The van der Waals surface area contributed by atoms with Crippen LogP contribution in [0.15, 0.2) is 51.7 Å². The van der Waals surface area contributed by atoms with Crippen molar-refractivity contribution in [1.29, 1.82) is 0 Å². The summed E-state index contributed by atoms with van der Waals surface area (Å²) in [6.45, 7) is 1.95. The summed E-state index contributed by atoms with van der Waals surface area (Å²) in [6.07, 6.45) is 3.57. The number of amides is 1. The molecule has 4 rings (SSSR count). The van der Waals surface area contributed by atoms with Crippen molar-refractivity contribution in [1.82, 2.24) is 0 Å². The quantitative estimate of drug-likeness (QED) is 0.699. The zero-order chi connectivity index (χ0) is 18.8. The number of carbonyl (C=O) groups excluding carboxylic acids is 1. The molecule has 5 heteroatoms. The summed E-state index contributed by atoms with van der Waals surface area (Å²) in [4.78, 5) is 24.2. The number of fused-ring (bicyclic) bond motifs is 3. The Hall–Kier alpha value is -3.08. The first-order chi connectivity index (χ1) is 13.1. The second-order valence-electron chi connectivity index (χ2n) is 6.75. The number of carbonyl (C=O) groups is 1. The molecule has 0 aliphatic heterocycles. The fraction of sp³-hybridized carbons (Fsp3) is 0.273. The number of hydrogen-bond acceptors (Lipinski definition) is 4. The number of rotatable bonds is 5. The highest BCUT2D eigenvalue weighted by Gasteiger charge is 2.19. The molecule has 138 valence electrons. The molecule has 3 aromatic rings. The lowest BCUT2D eigenvalue weighted by molar-refractivity contribution is -0.118. The van der Waals surface area contributed by atoms with Crippen LogP contribution in [0.1, 0.15) is 30.0 Å². The third-order valence-electron chi connectivity index (χ3n) is 4.93. The number of benzene rings is 2. The number of anilines is 1. The van der Waals surface area contributed by atoms with E-state index < -0.39 is 0 Å². The summed E-state index contributed by atoms with van der Waals surface area (Å²) in [6, 6.07) is 13.1. The van der Waals surface area contributed by atoms with Crippen LogP contribution < -0.4 is 15.7 Å². The average molecular weight is 363 g/mol. The van der Waals surface area contributed by atoms with Crippen molar-refractivity contribution in [2.24, 2.45) is 0 Å². The van der Waals surface area contributed by atoms with E-state index in [1.54, 1.807) is 6.07 Å². The lowest BCUT2D eigenvalue weighted by Gasteiger charge is -2.10. The number of ether oxygens (including phenoxy) is 1. The molecule has 0 saturated heterocycles. The number of hydrogen-bond donors (Lipinski definition) is 1. The Kier molecular flexibility index (Phi) is 4.67. The van der Waals surface area contributed by atoms with Gasteiger partial charge in [-0.1, -0.05) is 19.1 Å². The molecule has 27 heavy (non-hydrogen) atoms. The van der Waals surface area contributed by atoms with Gasteiger partial charge in [-0.15, -0.1) is 0 Å². The Morgan fingerprint density at radius 1 is 1.15 bits per heavy atom. The Balaban J connectivity index is 1.46. The number of nitrogens with one attached hydrogen (secondary N) is 1. The smallest absolute Gasteiger partial charge is 0.339 e. The number of aryl methyl sites for hydroxylation is 2. The molecular weight excluding hydrogens is 342 g/mol. The summed E-state index contributed by atoms with van der Waals surface area (Å²) < 4.78 is 11.0. The third kappa shape index (κ3) is 3.58. The van der Waals surface area contributed by atoms with Crippen LogP contribution in [0.25, 0.3) is 11.0 Å². The third-order valence-corrected chi connectivity index (χ3v) is 4.93. The molecule has 0 bridgehead atoms. The topological polar surface area (TPSA) is 68.5 Å². The van der Waals surface area contributed by atoms with Gasteiger partial charge in [0.1, 0.15) is 11.3 Å². The minimum atomic E-state index is -0.263. The van der Waals surface area contributed by atoms with Gasteiger partial charge < -0.3 is 14.5 Å². The molecule has 0 fully saturated rings. The standard InChI is InChI=1S/C22H21NO4/c1-2-14-5-3-6-15(11-14)23-21(24)13-26-16-9-10-18-17-7-4-8-19(17)22(25)27-20(18)12-16/h3,5-6,9-12H,2,4,7-8,13H2,1H3,(H,23,24). The summed E-state index contributed by atoms with van der Waals surface area (Å²) in [5, 5.41) is 3.78. The minimum Gasteiger partial charge on any atom is -0.484 e. The van der Waals surface area contributed by atoms with Gasteiger partial charge in [-0.05, 0) is 61.1 Å². The molecule has 1 aromatic heterocycles. The van der Waals surface area contributed by atoms with Crippen LogP contribution in [0.3, 0.4) is 0 Å². The first kappa shape index (κ1) is 17.3. The van der Waals surface area contributed by atoms with E-state index in [1.807, 2.05) is 36.4 Å². The second kappa shape index (κ2) is 7.27. The van der Waals surface area contributed by atoms with Crippen LogP contribution in [0, 0.1) is 0 Å². The van der Waals surface area contributed by atoms with E-state index in [0.717, 1.165) is 53.4 Å². The van der Waals surface area contributed by atoms with Crippen LogP contribution in [-0.2, 0) is 24.1 Å². The molecule has 2 aromatic carbocycles. The molecule has 0 radical (unpaired) electrons. The molecule has 1 aliphatic carbocycles. The second-order valence-corrected chi connectivity index (χ2v) is 6.75. The van der Waals surface area contributed by atoms with E-state index >= 15 is 0 Å². The van der Waals surface area contributed by atoms with Crippen LogP contribution in [0.2, 0.25) is 0 Å². The van der Waals surface area contributed by atoms with Gasteiger partial charge >= 0.3 is 5.63 Å². The Morgan fingerprint density at radius 3 is 2.85 bits per heavy atom. The fourth-order valence-corrected chi connectivity index (χ4v) is 3.57. The summed E-state index contributed by atoms with van der Waals surface area (Å²) in [7, 11) is 0. The average Bonchev–Trinajstić information content (AvgIpc) is 3.17. The molecule has 1 heterocycles. The zero-order valence-corrected chi connectivity index (χ0v) is 15.2. The van der Waals surface area contributed by atoms with Gasteiger partial charge in [0, 0.05) is 22.7 Å². The fourth-order valence-electron chi connectivity index (χ4n) is 3.57. The van der Waals surface area contributed by atoms with Crippen molar-refractivity contribution >= 4 is 22.6 Å². The van der Waals surface area contributed by atoms with Gasteiger partial charge in [0.25, 0.3) is 5.91 Å². The van der Waals surface area contributed by atoms with Crippen LogP contribution >= 0.6 is 0 Å². The SMILES string of the molecule is CCc1cccc(NC(=O)COc2ccc3c4c(c(=O)oc3c2)CCC4)c1. The first-order valence-electron chi connectivity index (χ1n) is 9.24. The lowest BCUT2D eigenvalue weighted by atomic mass is 10.1. The largest absolute Gasteiger partial charge is 0.484 e. The molecule has 1 N–H and O–H groups in total. The molecule has 0 spiro atoms. The Morgan fingerprint density at radius 2 is 2.00 bits per heavy atom. The highest BCUT2D eigenvalue weighted by molar-refractivity contribution is 5.92.